The third-order valence-corrected chi connectivity index (χ3v) is 7.57. The number of methoxy groups -OCH3 is 1. The third-order valence-electron chi connectivity index (χ3n) is 5.69. The Bertz CT molecular complexity index is 1060. The van der Waals surface area contributed by atoms with Gasteiger partial charge in [-0.2, -0.15) is 4.31 Å². The second kappa shape index (κ2) is 8.73. The lowest BCUT2D eigenvalue weighted by Gasteiger charge is -2.33. The summed E-state index contributed by atoms with van der Waals surface area (Å²) in [5, 5.41) is 0. The molecule has 2 aromatic rings. The summed E-state index contributed by atoms with van der Waals surface area (Å²) in [6, 6.07) is 9.20. The normalized spacial score (nSPS) is 17.6. The molecule has 162 valence electrons. The molecule has 0 bridgehead atoms. The lowest BCUT2D eigenvalue weighted by Crippen LogP contribution is -2.46. The van der Waals surface area contributed by atoms with E-state index in [4.69, 9.17) is 4.74 Å². The van der Waals surface area contributed by atoms with E-state index < -0.39 is 21.8 Å². The van der Waals surface area contributed by atoms with Crippen molar-refractivity contribution < 1.29 is 22.3 Å². The first-order valence-corrected chi connectivity index (χ1v) is 11.3. The topological polar surface area (TPSA) is 66.9 Å². The van der Waals surface area contributed by atoms with E-state index in [1.54, 1.807) is 11.9 Å². The van der Waals surface area contributed by atoms with Crippen molar-refractivity contribution in [2.45, 2.75) is 31.6 Å². The number of amides is 1. The Morgan fingerprint density at radius 3 is 2.57 bits per heavy atom. The molecule has 1 atom stereocenters. The van der Waals surface area contributed by atoms with Gasteiger partial charge in [0.25, 0.3) is 0 Å². The smallest absolute Gasteiger partial charge is 0.246 e. The third kappa shape index (κ3) is 4.34. The molecule has 0 saturated carbocycles. The number of aryl methyl sites for hydroxylation is 2. The maximum absolute atomic E-state index is 13.7. The monoisotopic (exact) mass is 434 g/mol. The summed E-state index contributed by atoms with van der Waals surface area (Å²) in [6.45, 7) is 4.32. The van der Waals surface area contributed by atoms with Gasteiger partial charge in [0.2, 0.25) is 15.9 Å². The van der Waals surface area contributed by atoms with Crippen LogP contribution in [0.5, 0.6) is 5.75 Å². The minimum Gasteiger partial charge on any atom is -0.495 e. The number of rotatable bonds is 5. The van der Waals surface area contributed by atoms with E-state index in [9.17, 15) is 17.6 Å². The number of carbonyl (C=O) groups is 1. The largest absolute Gasteiger partial charge is 0.495 e. The second-order valence-corrected chi connectivity index (χ2v) is 9.57. The summed E-state index contributed by atoms with van der Waals surface area (Å²) in [6.07, 6.45) is 1.15. The first-order valence-electron chi connectivity index (χ1n) is 9.83. The van der Waals surface area contributed by atoms with Crippen LogP contribution in [-0.4, -0.2) is 45.9 Å². The number of piperidine rings is 1. The van der Waals surface area contributed by atoms with Gasteiger partial charge in [-0.15, -0.1) is 0 Å². The van der Waals surface area contributed by atoms with Gasteiger partial charge in [-0.05, 0) is 68.1 Å². The van der Waals surface area contributed by atoms with Crippen LogP contribution in [0, 0.1) is 25.6 Å². The van der Waals surface area contributed by atoms with Crippen molar-refractivity contribution >= 4 is 21.6 Å². The molecular weight excluding hydrogens is 407 g/mol. The van der Waals surface area contributed by atoms with E-state index in [1.807, 2.05) is 32.0 Å². The minimum absolute atomic E-state index is 0.0516. The van der Waals surface area contributed by atoms with Gasteiger partial charge in [-0.25, -0.2) is 12.8 Å². The summed E-state index contributed by atoms with van der Waals surface area (Å²) in [5.41, 5.74) is 2.99. The van der Waals surface area contributed by atoms with Crippen molar-refractivity contribution in [1.82, 2.24) is 4.31 Å². The van der Waals surface area contributed by atoms with Crippen LogP contribution in [0.2, 0.25) is 0 Å². The number of hydrogen-bond acceptors (Lipinski definition) is 4. The molecule has 1 fully saturated rings. The van der Waals surface area contributed by atoms with Crippen molar-refractivity contribution in [1.29, 1.82) is 0 Å². The molecule has 1 aliphatic rings. The molecule has 1 aliphatic heterocycles. The molecule has 6 nitrogen and oxygen atoms in total. The number of anilines is 1. The van der Waals surface area contributed by atoms with Gasteiger partial charge in [0.1, 0.15) is 16.5 Å². The van der Waals surface area contributed by atoms with Crippen LogP contribution in [0.3, 0.4) is 0 Å². The predicted octanol–water partition coefficient (Wildman–Crippen LogP) is 3.51. The molecule has 0 aliphatic carbocycles. The fourth-order valence-electron chi connectivity index (χ4n) is 3.69. The maximum Gasteiger partial charge on any atom is 0.246 e. The molecule has 0 spiro atoms. The molecule has 0 unspecified atom stereocenters. The van der Waals surface area contributed by atoms with E-state index in [2.05, 4.69) is 0 Å². The van der Waals surface area contributed by atoms with E-state index in [-0.39, 0.29) is 29.6 Å². The number of halogens is 1. The Morgan fingerprint density at radius 2 is 1.90 bits per heavy atom. The Balaban J connectivity index is 1.83. The van der Waals surface area contributed by atoms with E-state index in [0.29, 0.717) is 12.8 Å². The van der Waals surface area contributed by atoms with E-state index in [0.717, 1.165) is 28.9 Å². The van der Waals surface area contributed by atoms with Gasteiger partial charge >= 0.3 is 0 Å². The Labute approximate surface area is 177 Å². The van der Waals surface area contributed by atoms with Crippen molar-refractivity contribution in [2.24, 2.45) is 5.92 Å². The van der Waals surface area contributed by atoms with Gasteiger partial charge in [0.05, 0.1) is 13.0 Å². The molecule has 1 amide bonds. The summed E-state index contributed by atoms with van der Waals surface area (Å²) in [5.74, 6) is -1.19. The molecular formula is C22H27FN2O4S. The predicted molar refractivity (Wildman–Crippen MR) is 114 cm³/mol. The van der Waals surface area contributed by atoms with Crippen LogP contribution in [0.15, 0.2) is 41.3 Å². The Kier molecular flexibility index (Phi) is 6.47. The van der Waals surface area contributed by atoms with Gasteiger partial charge in [0, 0.05) is 25.8 Å². The molecule has 2 aromatic carbocycles. The zero-order valence-corrected chi connectivity index (χ0v) is 18.5. The highest BCUT2D eigenvalue weighted by Crippen LogP contribution is 2.31. The highest BCUT2D eigenvalue weighted by molar-refractivity contribution is 7.89. The lowest BCUT2D eigenvalue weighted by molar-refractivity contribution is -0.123. The molecule has 0 radical (unpaired) electrons. The van der Waals surface area contributed by atoms with Crippen LogP contribution in [-0.2, 0) is 14.8 Å². The quantitative estimate of drug-likeness (QED) is 0.722. The van der Waals surface area contributed by atoms with Crippen LogP contribution in [0.1, 0.15) is 24.0 Å². The number of ether oxygens (including phenoxy) is 1. The molecule has 8 heteroatoms. The van der Waals surface area contributed by atoms with Crippen molar-refractivity contribution in [3.63, 3.8) is 0 Å². The van der Waals surface area contributed by atoms with Gasteiger partial charge in [-0.3, -0.25) is 4.79 Å². The molecule has 0 N–H and O–H groups in total. The van der Waals surface area contributed by atoms with Gasteiger partial charge < -0.3 is 9.64 Å². The molecule has 30 heavy (non-hydrogen) atoms. The van der Waals surface area contributed by atoms with Crippen LogP contribution >= 0.6 is 0 Å². The average Bonchev–Trinajstić information content (AvgIpc) is 2.74. The van der Waals surface area contributed by atoms with E-state index in [1.165, 1.54) is 17.5 Å². The fraction of sp³-hybridized carbons (Fsp3) is 0.409. The number of hydrogen-bond donors (Lipinski definition) is 0. The van der Waals surface area contributed by atoms with Crippen molar-refractivity contribution in [3.8, 4) is 5.75 Å². The second-order valence-electron chi connectivity index (χ2n) is 7.66. The van der Waals surface area contributed by atoms with Crippen LogP contribution < -0.4 is 9.64 Å². The molecule has 1 heterocycles. The number of sulfonamides is 1. The van der Waals surface area contributed by atoms with Crippen LogP contribution in [0.25, 0.3) is 0 Å². The standard InChI is InChI=1S/C22H27FN2O4S/c1-15-7-9-19(12-16(15)2)24(3)22(26)17-6-5-11-25(14-17)30(27,28)21-13-18(23)8-10-20(21)29-4/h7-10,12-13,17H,5-6,11,14H2,1-4H3/t17-/m0/s1. The lowest BCUT2D eigenvalue weighted by atomic mass is 9.98. The minimum atomic E-state index is -4.00. The first kappa shape index (κ1) is 22.2. The van der Waals surface area contributed by atoms with E-state index >= 15 is 0 Å². The molecule has 3 rings (SSSR count). The zero-order valence-electron chi connectivity index (χ0n) is 17.7. The summed E-state index contributed by atoms with van der Waals surface area (Å²) in [7, 11) is -0.954. The average molecular weight is 435 g/mol. The number of benzene rings is 2. The van der Waals surface area contributed by atoms with Gasteiger partial charge in [-0.1, -0.05) is 6.07 Å². The van der Waals surface area contributed by atoms with Crippen LogP contribution in [0.4, 0.5) is 10.1 Å². The number of nitrogens with zero attached hydrogens (tertiary/aromatic N) is 2. The van der Waals surface area contributed by atoms with Gasteiger partial charge in [0.15, 0.2) is 0 Å². The Morgan fingerprint density at radius 1 is 1.17 bits per heavy atom. The summed E-state index contributed by atoms with van der Waals surface area (Å²) >= 11 is 0. The molecule has 1 saturated heterocycles. The highest BCUT2D eigenvalue weighted by Gasteiger charge is 2.36. The number of carbonyl (C=O) groups excluding carboxylic acids is 1. The van der Waals surface area contributed by atoms with Crippen molar-refractivity contribution in [3.05, 3.63) is 53.3 Å². The SMILES string of the molecule is COc1ccc(F)cc1S(=O)(=O)N1CCC[C@H](C(=O)N(C)c2ccc(C)c(C)c2)C1. The molecule has 0 aromatic heterocycles. The fourth-order valence-corrected chi connectivity index (χ4v) is 5.38. The Hall–Kier alpha value is -2.45. The zero-order chi connectivity index (χ0) is 22.1. The first-order chi connectivity index (χ1) is 14.1. The van der Waals surface area contributed by atoms with Crippen molar-refractivity contribution in [2.75, 3.05) is 32.1 Å². The maximum atomic E-state index is 13.7. The highest BCUT2D eigenvalue weighted by atomic mass is 32.2. The summed E-state index contributed by atoms with van der Waals surface area (Å²) in [4.78, 5) is 14.5. The summed E-state index contributed by atoms with van der Waals surface area (Å²) < 4.78 is 46.4.